The van der Waals surface area contributed by atoms with Gasteiger partial charge in [-0.25, -0.2) is 0 Å². The molecule has 0 N–H and O–H groups in total. The van der Waals surface area contributed by atoms with Gasteiger partial charge in [-0.1, -0.05) is 166 Å². The van der Waals surface area contributed by atoms with E-state index in [-0.39, 0.29) is 304 Å². The SMILES string of the molecule is C.C.C.C.C#CCCC.CC.CC.CC.CC.CC.CC.CCC1CO1.FF.[C-]#CCCC.[CH2-]C.[CH2-]C.[CH2-]C.[CH2-]C.[CH2-]CC(C)CCC.[U].[U].[U].[U].[W].[W].[W].[W].[Y].[Y]. The normalized spacial score (nSPS) is 6.90. The van der Waals surface area contributed by atoms with Gasteiger partial charge >= 0.3 is 0 Å². The van der Waals surface area contributed by atoms with Crippen molar-refractivity contribution >= 4 is 0 Å². The molecule has 0 amide bonds. The molecule has 0 bridgehead atoms. The van der Waals surface area contributed by atoms with Crippen LogP contribution in [0.5, 0.6) is 0 Å². The quantitative estimate of drug-likeness (QED) is 0.147. The van der Waals surface area contributed by atoms with E-state index in [1.54, 1.807) is 27.7 Å². The Balaban J connectivity index is -0.00000000645. The summed E-state index contributed by atoms with van der Waals surface area (Å²) in [6.07, 6.45) is 20.7. The number of epoxide rings is 1. The van der Waals surface area contributed by atoms with Crippen LogP contribution in [0, 0.1) is 190 Å². The Labute approximate surface area is 581 Å². The Kier molecular flexibility index (Phi) is 1310. The maximum absolute atomic E-state index is 8.00. The summed E-state index contributed by atoms with van der Waals surface area (Å²) in [5.41, 5.74) is 0. The van der Waals surface area contributed by atoms with Crippen LogP contribution < -0.4 is 0 Å². The summed E-state index contributed by atoms with van der Waals surface area (Å²) in [7, 11) is 0. The predicted octanol–water partition coefficient (Wildman–Crippen LogP) is 19.1. The Morgan fingerprint density at radius 3 is 0.810 bits per heavy atom. The maximum Gasteiger partial charge on any atom is 0.0807 e. The Morgan fingerprint density at radius 1 is 0.586 bits per heavy atom. The molecule has 362 valence electrons. The van der Waals surface area contributed by atoms with Crippen molar-refractivity contribution in [3.63, 3.8) is 0 Å². The van der Waals surface area contributed by atoms with Crippen molar-refractivity contribution in [2.24, 2.45) is 5.92 Å². The van der Waals surface area contributed by atoms with Gasteiger partial charge in [-0.05, 0) is 25.7 Å². The third-order valence-corrected chi connectivity index (χ3v) is 2.90. The van der Waals surface area contributed by atoms with E-state index in [4.69, 9.17) is 26.7 Å². The second kappa shape index (κ2) is 393. The van der Waals surface area contributed by atoms with E-state index in [2.05, 4.69) is 74.2 Å². The minimum Gasteiger partial charge on any atom is -0.694 e. The van der Waals surface area contributed by atoms with Crippen molar-refractivity contribution in [2.75, 3.05) is 6.61 Å². The van der Waals surface area contributed by atoms with Crippen molar-refractivity contribution < 1.29 is 288 Å². The van der Waals surface area contributed by atoms with E-state index in [0.29, 0.717) is 6.10 Å². The van der Waals surface area contributed by atoms with E-state index >= 15 is 0 Å². The van der Waals surface area contributed by atoms with Gasteiger partial charge in [0.1, 0.15) is 0 Å². The zero-order chi connectivity index (χ0) is 39.6. The number of unbranched alkanes of at least 4 members (excludes halogenated alkanes) is 2. The van der Waals surface area contributed by atoms with Gasteiger partial charge in [0, 0.05) is 290 Å². The zero-order valence-electron chi connectivity index (χ0n) is 40.1. The average Bonchev–Trinajstić information content (AvgIpc) is 4.01. The van der Waals surface area contributed by atoms with Gasteiger partial charge in [0.15, 0.2) is 0 Å². The summed E-state index contributed by atoms with van der Waals surface area (Å²) in [5, 5.41) is 0. The second-order valence-corrected chi connectivity index (χ2v) is 5.43. The van der Waals surface area contributed by atoms with E-state index in [1.807, 2.05) is 90.0 Å². The minimum atomic E-state index is 0. The van der Waals surface area contributed by atoms with Gasteiger partial charge in [-0.2, -0.15) is 34.1 Å². The third kappa shape index (κ3) is 522. The van der Waals surface area contributed by atoms with Crippen LogP contribution in [0.15, 0.2) is 0 Å². The van der Waals surface area contributed by atoms with E-state index in [9.17, 15) is 0 Å². The van der Waals surface area contributed by atoms with Crippen molar-refractivity contribution in [2.45, 2.75) is 233 Å². The molecule has 1 heterocycles. The fourth-order valence-electron chi connectivity index (χ4n) is 1.21. The Hall–Kier alpha value is 8.11. The van der Waals surface area contributed by atoms with Crippen LogP contribution in [0.3, 0.4) is 0 Å². The van der Waals surface area contributed by atoms with Crippen LogP contribution in [0.4, 0.5) is 9.15 Å². The van der Waals surface area contributed by atoms with Crippen molar-refractivity contribution in [3.8, 4) is 18.3 Å². The molecule has 0 saturated carbocycles. The molecule has 1 aliphatic heterocycles. The molecule has 1 aliphatic rings. The molecule has 1 rings (SSSR count). The van der Waals surface area contributed by atoms with Crippen LogP contribution in [0.25, 0.3) is 0 Å². The molecular formula is C45H110F2OU4W4Y2-6. The summed E-state index contributed by atoms with van der Waals surface area (Å²) in [6.45, 7) is 59.5. The number of hydrogen-bond donors (Lipinski definition) is 0. The van der Waals surface area contributed by atoms with E-state index in [1.165, 1.54) is 19.3 Å². The van der Waals surface area contributed by atoms with Crippen LogP contribution in [-0.2, 0) is 154 Å². The van der Waals surface area contributed by atoms with Gasteiger partial charge in [-0.3, -0.25) is 0 Å². The largest absolute Gasteiger partial charge is 0.694 e. The molecule has 0 aliphatic carbocycles. The number of terminal acetylenes is 1. The van der Waals surface area contributed by atoms with Crippen molar-refractivity contribution in [3.05, 3.63) is 41.0 Å². The number of hydrogen-bond acceptors (Lipinski definition) is 1. The number of halogens is 2. The van der Waals surface area contributed by atoms with Crippen LogP contribution in [-0.4, -0.2) is 12.7 Å². The predicted molar refractivity (Wildman–Crippen MR) is 241 cm³/mol. The molecule has 1 nitrogen and oxygen atoms in total. The Bertz CT molecular complexity index is 303. The fourth-order valence-corrected chi connectivity index (χ4v) is 1.21. The molecule has 13 heteroatoms. The van der Waals surface area contributed by atoms with Crippen LogP contribution >= 0.6 is 0 Å². The monoisotopic (exact) mass is 2570 g/mol. The first-order valence-corrected chi connectivity index (χ1v) is 17.8. The first-order valence-electron chi connectivity index (χ1n) is 17.8. The van der Waals surface area contributed by atoms with Gasteiger partial charge < -0.3 is 51.7 Å². The fraction of sp³-hybridized carbons (Fsp3) is 0.800. The summed E-state index contributed by atoms with van der Waals surface area (Å²) in [6, 6.07) is 0. The van der Waals surface area contributed by atoms with Gasteiger partial charge in [0.25, 0.3) is 0 Å². The molecule has 1 saturated heterocycles. The Morgan fingerprint density at radius 2 is 0.793 bits per heavy atom. The maximum atomic E-state index is 8.00. The number of ether oxygens (including phenoxy) is 1. The molecule has 0 aromatic heterocycles. The smallest absolute Gasteiger partial charge is 0.0807 e. The van der Waals surface area contributed by atoms with Crippen LogP contribution in [0.2, 0.25) is 0 Å². The molecule has 2 unspecified atom stereocenters. The summed E-state index contributed by atoms with van der Waals surface area (Å²) >= 11 is 0. The topological polar surface area (TPSA) is 12.5 Å². The molecule has 0 aromatic rings. The molecule has 0 spiro atoms. The third-order valence-electron chi connectivity index (χ3n) is 2.90. The summed E-state index contributed by atoms with van der Waals surface area (Å²) in [5.74, 6) is 5.62. The van der Waals surface area contributed by atoms with Gasteiger partial charge in [-0.15, -0.1) is 12.3 Å². The van der Waals surface area contributed by atoms with E-state index in [0.717, 1.165) is 44.6 Å². The van der Waals surface area contributed by atoms with Gasteiger partial charge in [0.05, 0.1) is 12.7 Å². The first kappa shape index (κ1) is 193. The summed E-state index contributed by atoms with van der Waals surface area (Å²) < 4.78 is 20.9. The molecule has 2 atom stereocenters. The van der Waals surface area contributed by atoms with Crippen molar-refractivity contribution in [1.82, 2.24) is 0 Å². The van der Waals surface area contributed by atoms with Crippen LogP contribution in [0.1, 0.15) is 226 Å². The molecule has 2 radical (unpaired) electrons. The summed E-state index contributed by atoms with van der Waals surface area (Å²) in [4.78, 5) is 0. The minimum absolute atomic E-state index is 0. The average molecular weight is 2570 g/mol. The molecule has 0 aromatic carbocycles. The van der Waals surface area contributed by atoms with E-state index < -0.39 is 0 Å². The molecular weight excluding hydrogens is 2460 g/mol. The molecule has 1 fully saturated rings. The molecule has 58 heavy (non-hydrogen) atoms. The first-order chi connectivity index (χ1) is 21.6. The zero-order valence-corrected chi connectivity index (χ0v) is 74.1. The van der Waals surface area contributed by atoms with Crippen molar-refractivity contribution in [1.29, 1.82) is 0 Å². The van der Waals surface area contributed by atoms with Gasteiger partial charge in [0.2, 0.25) is 0 Å². The standard InChI is InChI=1S/C7H15.C5H8.C5H7.C4H8O.6C2H6.4C2H5.4CH4.F2.4U.4W.2Y/c1-4-6-7(3)5-2;2*1-3-5-4-2;1-2-4-3-5-4;10*1-2;;;;;1-2;;;;;;;;;;/h7H,2,4-6H2,1,3H3;1H,4-5H2,2H3;3,5H2,1H3;4H,2-3H2,1H3;6*1-2H3;4*1H2,2H3;4*1H4;;;;;;;;;;;/q-1;;-1;;;;;;;;4*-1;;;;;;;;;;;;;;;. The number of rotatable bonds is 6. The second-order valence-electron chi connectivity index (χ2n) is 5.43.